The van der Waals surface area contributed by atoms with Gasteiger partial charge >= 0.3 is 12.1 Å². The molecule has 1 amide bonds. The lowest BCUT2D eigenvalue weighted by Crippen LogP contribution is -2.17. The average molecular weight is 391 g/mol. The number of anilines is 1. The summed E-state index contributed by atoms with van der Waals surface area (Å²) in [5, 5.41) is 23.0. The Hall–Kier alpha value is -3.80. The lowest BCUT2D eigenvalue weighted by molar-refractivity contribution is -0.131. The maximum absolute atomic E-state index is 12.5. The number of aromatic hydroxyl groups is 1. The second-order valence-corrected chi connectivity index (χ2v) is 6.58. The summed E-state index contributed by atoms with van der Waals surface area (Å²) in [6.45, 7) is 1.95. The Morgan fingerprint density at radius 1 is 1.03 bits per heavy atom. The molecule has 3 aromatic rings. The minimum atomic E-state index is -1.08. The van der Waals surface area contributed by atoms with Gasteiger partial charge in [-0.25, -0.2) is 9.59 Å². The highest BCUT2D eigenvalue weighted by molar-refractivity contribution is 5.91. The van der Waals surface area contributed by atoms with Crippen molar-refractivity contribution in [1.29, 1.82) is 0 Å². The first-order valence-corrected chi connectivity index (χ1v) is 9.08. The van der Waals surface area contributed by atoms with E-state index < -0.39 is 18.2 Å². The number of phenols is 1. The molecule has 0 aliphatic carbocycles. The summed E-state index contributed by atoms with van der Waals surface area (Å²) >= 11 is 0. The van der Waals surface area contributed by atoms with E-state index in [2.05, 4.69) is 5.32 Å². The topological polar surface area (TPSA) is 95.9 Å². The van der Waals surface area contributed by atoms with Crippen molar-refractivity contribution in [2.75, 3.05) is 5.32 Å². The van der Waals surface area contributed by atoms with Crippen LogP contribution < -0.4 is 5.32 Å². The van der Waals surface area contributed by atoms with Crippen LogP contribution in [0.3, 0.4) is 0 Å². The number of hydrogen-bond acceptors (Lipinski definition) is 4. The number of carboxylic acid groups (broad SMARTS) is 1. The highest BCUT2D eigenvalue weighted by Crippen LogP contribution is 2.34. The lowest BCUT2D eigenvalue weighted by atomic mass is 9.97. The third-order valence-electron chi connectivity index (χ3n) is 4.44. The van der Waals surface area contributed by atoms with Crippen LogP contribution in [-0.2, 0) is 9.53 Å². The SMILES string of the molecule is Cc1ccc(NC(=O)O[C@H](C/C=C/C(=O)O)c2ccc(O)c3ccccc23)cc1. The van der Waals surface area contributed by atoms with Crippen LogP contribution in [-0.4, -0.2) is 22.3 Å². The molecule has 0 unspecified atom stereocenters. The summed E-state index contributed by atoms with van der Waals surface area (Å²) in [7, 11) is 0. The second-order valence-electron chi connectivity index (χ2n) is 6.58. The molecule has 0 aromatic heterocycles. The summed E-state index contributed by atoms with van der Waals surface area (Å²) in [6, 6.07) is 17.7. The molecule has 6 nitrogen and oxygen atoms in total. The van der Waals surface area contributed by atoms with Crippen molar-refractivity contribution in [2.24, 2.45) is 0 Å². The molecule has 1 atom stereocenters. The van der Waals surface area contributed by atoms with E-state index in [0.29, 0.717) is 16.6 Å². The summed E-state index contributed by atoms with van der Waals surface area (Å²) < 4.78 is 5.62. The Labute approximate surface area is 168 Å². The normalized spacial score (nSPS) is 12.0. The number of carboxylic acids is 1. The molecule has 6 heteroatoms. The first kappa shape index (κ1) is 19.9. The zero-order valence-corrected chi connectivity index (χ0v) is 15.8. The van der Waals surface area contributed by atoms with Gasteiger partial charge < -0.3 is 14.9 Å². The van der Waals surface area contributed by atoms with Gasteiger partial charge in [-0.3, -0.25) is 5.32 Å². The molecular formula is C23H21NO5. The van der Waals surface area contributed by atoms with E-state index in [-0.39, 0.29) is 12.2 Å². The highest BCUT2D eigenvalue weighted by atomic mass is 16.6. The van der Waals surface area contributed by atoms with E-state index in [4.69, 9.17) is 9.84 Å². The van der Waals surface area contributed by atoms with Crippen LogP contribution in [0, 0.1) is 6.92 Å². The summed E-state index contributed by atoms with van der Waals surface area (Å²) in [5.41, 5.74) is 2.33. The Morgan fingerprint density at radius 3 is 2.41 bits per heavy atom. The molecule has 0 saturated heterocycles. The number of carbonyl (C=O) groups is 2. The molecule has 3 N–H and O–H groups in total. The highest BCUT2D eigenvalue weighted by Gasteiger charge is 2.19. The van der Waals surface area contributed by atoms with Gasteiger partial charge in [0, 0.05) is 29.1 Å². The average Bonchev–Trinajstić information content (AvgIpc) is 2.69. The van der Waals surface area contributed by atoms with Crippen molar-refractivity contribution in [1.82, 2.24) is 0 Å². The molecule has 3 aromatic carbocycles. The van der Waals surface area contributed by atoms with Gasteiger partial charge in [-0.2, -0.15) is 0 Å². The van der Waals surface area contributed by atoms with Crippen molar-refractivity contribution in [2.45, 2.75) is 19.4 Å². The summed E-state index contributed by atoms with van der Waals surface area (Å²) in [6.07, 6.45) is 1.23. The fraction of sp³-hybridized carbons (Fsp3) is 0.130. The molecule has 0 spiro atoms. The second kappa shape index (κ2) is 8.93. The molecule has 3 rings (SSSR count). The van der Waals surface area contributed by atoms with Crippen LogP contribution in [0.1, 0.15) is 23.7 Å². The van der Waals surface area contributed by atoms with E-state index in [1.165, 1.54) is 12.1 Å². The number of rotatable bonds is 6. The number of hydrogen-bond donors (Lipinski definition) is 3. The zero-order chi connectivity index (χ0) is 20.8. The van der Waals surface area contributed by atoms with Crippen molar-refractivity contribution >= 4 is 28.5 Å². The van der Waals surface area contributed by atoms with Gasteiger partial charge in [0.15, 0.2) is 0 Å². The number of nitrogens with one attached hydrogen (secondary N) is 1. The van der Waals surface area contributed by atoms with Crippen LogP contribution in [0.5, 0.6) is 5.75 Å². The fourth-order valence-electron chi connectivity index (χ4n) is 3.03. The van der Waals surface area contributed by atoms with E-state index >= 15 is 0 Å². The van der Waals surface area contributed by atoms with E-state index in [1.807, 2.05) is 31.2 Å². The fourth-order valence-corrected chi connectivity index (χ4v) is 3.03. The summed E-state index contributed by atoms with van der Waals surface area (Å²) in [4.78, 5) is 23.3. The number of ether oxygens (including phenoxy) is 1. The Balaban J connectivity index is 1.88. The Bertz CT molecular complexity index is 1060. The lowest BCUT2D eigenvalue weighted by Gasteiger charge is -2.19. The van der Waals surface area contributed by atoms with E-state index in [9.17, 15) is 14.7 Å². The first-order valence-electron chi connectivity index (χ1n) is 9.08. The maximum Gasteiger partial charge on any atom is 0.412 e. The largest absolute Gasteiger partial charge is 0.507 e. The molecule has 0 aliphatic rings. The Morgan fingerprint density at radius 2 is 1.72 bits per heavy atom. The van der Waals surface area contributed by atoms with Gasteiger partial charge in [0.25, 0.3) is 0 Å². The van der Waals surface area contributed by atoms with Crippen LogP contribution in [0.2, 0.25) is 0 Å². The number of aliphatic carboxylic acids is 1. The number of carbonyl (C=O) groups excluding carboxylic acids is 1. The number of aryl methyl sites for hydroxylation is 1. The predicted octanol–water partition coefficient (Wildman–Crippen LogP) is 5.17. The van der Waals surface area contributed by atoms with Gasteiger partial charge in [0.05, 0.1) is 0 Å². The van der Waals surface area contributed by atoms with E-state index in [0.717, 1.165) is 17.0 Å². The van der Waals surface area contributed by atoms with Crippen molar-refractivity contribution in [3.63, 3.8) is 0 Å². The maximum atomic E-state index is 12.5. The quantitative estimate of drug-likeness (QED) is 0.504. The molecule has 0 radical (unpaired) electrons. The van der Waals surface area contributed by atoms with Gasteiger partial charge in [-0.1, -0.05) is 54.1 Å². The van der Waals surface area contributed by atoms with Crippen LogP contribution in [0.4, 0.5) is 10.5 Å². The number of benzene rings is 3. The molecule has 0 fully saturated rings. The molecular weight excluding hydrogens is 370 g/mol. The minimum Gasteiger partial charge on any atom is -0.507 e. The van der Waals surface area contributed by atoms with Gasteiger partial charge in [-0.15, -0.1) is 0 Å². The molecule has 0 saturated carbocycles. The molecule has 0 aliphatic heterocycles. The predicted molar refractivity (Wildman–Crippen MR) is 111 cm³/mol. The van der Waals surface area contributed by atoms with Crippen molar-refractivity contribution in [3.8, 4) is 5.75 Å². The summed E-state index contributed by atoms with van der Waals surface area (Å²) in [5.74, 6) is -0.961. The standard InChI is InChI=1S/C23H21NO5/c1-15-9-11-16(12-10-15)24-23(28)29-21(7-4-8-22(26)27)19-13-14-20(25)18-6-3-2-5-17(18)19/h2-6,8-14,21,25H,7H2,1H3,(H,24,28)(H,26,27)/b8-4+/t21-/m1/s1. The third kappa shape index (κ3) is 5.13. The van der Waals surface area contributed by atoms with Gasteiger partial charge in [0.1, 0.15) is 11.9 Å². The molecule has 0 heterocycles. The molecule has 148 valence electrons. The van der Waals surface area contributed by atoms with Crippen molar-refractivity contribution in [3.05, 3.63) is 83.9 Å². The zero-order valence-electron chi connectivity index (χ0n) is 15.8. The molecule has 29 heavy (non-hydrogen) atoms. The van der Waals surface area contributed by atoms with Crippen molar-refractivity contribution < 1.29 is 24.5 Å². The minimum absolute atomic E-state index is 0.119. The van der Waals surface area contributed by atoms with E-state index in [1.54, 1.807) is 30.3 Å². The van der Waals surface area contributed by atoms with Gasteiger partial charge in [-0.05, 0) is 30.5 Å². The number of amides is 1. The Kier molecular flexibility index (Phi) is 6.14. The third-order valence-corrected chi connectivity index (χ3v) is 4.44. The monoisotopic (exact) mass is 391 g/mol. The van der Waals surface area contributed by atoms with Crippen LogP contribution in [0.15, 0.2) is 72.8 Å². The number of phenolic OH excluding ortho intramolecular Hbond substituents is 1. The smallest absolute Gasteiger partial charge is 0.412 e. The first-order chi connectivity index (χ1) is 13.9. The molecule has 0 bridgehead atoms. The van der Waals surface area contributed by atoms with Crippen LogP contribution in [0.25, 0.3) is 10.8 Å². The number of fused-ring (bicyclic) bond motifs is 1. The van der Waals surface area contributed by atoms with Crippen LogP contribution >= 0.6 is 0 Å². The van der Waals surface area contributed by atoms with Gasteiger partial charge in [0.2, 0.25) is 0 Å².